The number of hydrogen-bond donors (Lipinski definition) is 1. The Morgan fingerprint density at radius 2 is 2.12 bits per heavy atom. The van der Waals surface area contributed by atoms with E-state index in [0.717, 1.165) is 25.9 Å². The number of ether oxygens (including phenoxy) is 1. The zero-order valence-corrected chi connectivity index (χ0v) is 14.2. The van der Waals surface area contributed by atoms with Crippen LogP contribution in [0.3, 0.4) is 0 Å². The predicted octanol–water partition coefficient (Wildman–Crippen LogP) is 0.879. The summed E-state index contributed by atoms with van der Waals surface area (Å²) < 4.78 is 19.1. The van der Waals surface area contributed by atoms with Crippen LogP contribution in [0.1, 0.15) is 23.2 Å². The Morgan fingerprint density at radius 1 is 1.32 bits per heavy atom. The molecule has 2 saturated heterocycles. The normalized spacial score (nSPS) is 20.5. The van der Waals surface area contributed by atoms with Crippen molar-refractivity contribution in [1.82, 2.24) is 15.1 Å². The number of halogens is 1. The second-order valence-corrected chi connectivity index (χ2v) is 6.46. The van der Waals surface area contributed by atoms with E-state index in [2.05, 4.69) is 5.32 Å². The fraction of sp³-hybridized carbons (Fsp3) is 0.556. The van der Waals surface area contributed by atoms with E-state index in [1.807, 2.05) is 0 Å². The minimum Gasteiger partial charge on any atom is -0.376 e. The van der Waals surface area contributed by atoms with Crippen LogP contribution in [-0.2, 0) is 9.53 Å². The first kappa shape index (κ1) is 17.8. The van der Waals surface area contributed by atoms with Crippen molar-refractivity contribution in [2.45, 2.75) is 18.9 Å². The fourth-order valence-electron chi connectivity index (χ4n) is 3.23. The lowest BCUT2D eigenvalue weighted by Gasteiger charge is -2.31. The van der Waals surface area contributed by atoms with Crippen LogP contribution in [0, 0.1) is 5.82 Å². The highest BCUT2D eigenvalue weighted by atomic mass is 19.1. The second kappa shape index (κ2) is 8.40. The quantitative estimate of drug-likeness (QED) is 0.857. The number of carbonyl (C=O) groups excluding carboxylic acids is 2. The van der Waals surface area contributed by atoms with E-state index in [1.165, 1.54) is 23.1 Å². The van der Waals surface area contributed by atoms with E-state index in [1.54, 1.807) is 11.0 Å². The van der Waals surface area contributed by atoms with Crippen LogP contribution in [0.2, 0.25) is 0 Å². The van der Waals surface area contributed by atoms with E-state index in [9.17, 15) is 14.0 Å². The molecule has 2 heterocycles. The van der Waals surface area contributed by atoms with Crippen LogP contribution in [0.4, 0.5) is 4.39 Å². The number of hydrogen-bond acceptors (Lipinski definition) is 4. The number of benzene rings is 1. The van der Waals surface area contributed by atoms with Gasteiger partial charge in [0.25, 0.3) is 5.91 Å². The molecule has 0 bridgehead atoms. The topological polar surface area (TPSA) is 61.9 Å². The second-order valence-electron chi connectivity index (χ2n) is 6.46. The SMILES string of the molecule is O=C(CN(C[C@@H]1CCCO1)C(=O)c1cccc(F)c1)N1CCNCC1. The van der Waals surface area contributed by atoms with Crippen molar-refractivity contribution in [2.24, 2.45) is 0 Å². The number of piperazine rings is 1. The van der Waals surface area contributed by atoms with Gasteiger partial charge < -0.3 is 19.9 Å². The number of carbonyl (C=O) groups is 2. The van der Waals surface area contributed by atoms with Crippen LogP contribution in [0.15, 0.2) is 24.3 Å². The molecule has 1 atom stereocenters. The van der Waals surface area contributed by atoms with E-state index in [4.69, 9.17) is 4.74 Å². The third kappa shape index (κ3) is 4.76. The van der Waals surface area contributed by atoms with Gasteiger partial charge in [0, 0.05) is 44.9 Å². The van der Waals surface area contributed by atoms with Crippen molar-refractivity contribution in [3.8, 4) is 0 Å². The maximum absolute atomic E-state index is 13.5. The van der Waals surface area contributed by atoms with E-state index in [0.29, 0.717) is 26.2 Å². The van der Waals surface area contributed by atoms with E-state index < -0.39 is 5.82 Å². The van der Waals surface area contributed by atoms with Gasteiger partial charge in [-0.2, -0.15) is 0 Å². The highest BCUT2D eigenvalue weighted by Gasteiger charge is 2.27. The smallest absolute Gasteiger partial charge is 0.254 e. The summed E-state index contributed by atoms with van der Waals surface area (Å²) in [5.74, 6) is -0.876. The largest absolute Gasteiger partial charge is 0.376 e. The van der Waals surface area contributed by atoms with Gasteiger partial charge in [-0.05, 0) is 31.0 Å². The van der Waals surface area contributed by atoms with Crippen LogP contribution in [0.25, 0.3) is 0 Å². The summed E-state index contributed by atoms with van der Waals surface area (Å²) in [6, 6.07) is 5.58. The van der Waals surface area contributed by atoms with Gasteiger partial charge in [0.2, 0.25) is 5.91 Å². The molecule has 0 aliphatic carbocycles. The minimum atomic E-state index is -0.462. The molecule has 3 rings (SSSR count). The first-order valence-electron chi connectivity index (χ1n) is 8.78. The van der Waals surface area contributed by atoms with Crippen molar-refractivity contribution in [3.63, 3.8) is 0 Å². The molecule has 0 unspecified atom stereocenters. The molecule has 1 N–H and O–H groups in total. The molecular weight excluding hydrogens is 325 g/mol. The lowest BCUT2D eigenvalue weighted by molar-refractivity contribution is -0.132. The monoisotopic (exact) mass is 349 g/mol. The highest BCUT2D eigenvalue weighted by Crippen LogP contribution is 2.16. The van der Waals surface area contributed by atoms with E-state index >= 15 is 0 Å². The number of amides is 2. The number of rotatable bonds is 5. The Bertz CT molecular complexity index is 613. The molecule has 0 aromatic heterocycles. The standard InChI is InChI=1S/C18H24FN3O3/c19-15-4-1-3-14(11-15)18(24)22(12-16-5-2-10-25-16)13-17(23)21-8-6-20-7-9-21/h1,3-4,11,16,20H,2,5-10,12-13H2/t16-/m0/s1. The van der Waals surface area contributed by atoms with Crippen molar-refractivity contribution in [2.75, 3.05) is 45.9 Å². The molecular formula is C18H24FN3O3. The fourth-order valence-corrected chi connectivity index (χ4v) is 3.23. The number of nitrogens with one attached hydrogen (secondary N) is 1. The predicted molar refractivity (Wildman–Crippen MR) is 90.7 cm³/mol. The van der Waals surface area contributed by atoms with Gasteiger partial charge in [-0.3, -0.25) is 9.59 Å². The molecule has 2 aliphatic heterocycles. The van der Waals surface area contributed by atoms with Gasteiger partial charge in [0.05, 0.1) is 6.10 Å². The molecule has 7 heteroatoms. The van der Waals surface area contributed by atoms with Gasteiger partial charge in [-0.1, -0.05) is 6.07 Å². The zero-order chi connectivity index (χ0) is 17.6. The van der Waals surface area contributed by atoms with Crippen LogP contribution in [-0.4, -0.2) is 73.6 Å². The Labute approximate surface area is 146 Å². The third-order valence-electron chi connectivity index (χ3n) is 4.60. The van der Waals surface area contributed by atoms with Crippen molar-refractivity contribution < 1.29 is 18.7 Å². The molecule has 0 radical (unpaired) electrons. The van der Waals surface area contributed by atoms with Crippen molar-refractivity contribution >= 4 is 11.8 Å². The summed E-state index contributed by atoms with van der Waals surface area (Å²) in [6.07, 6.45) is 1.76. The Balaban J connectivity index is 1.71. The van der Waals surface area contributed by atoms with Gasteiger partial charge >= 0.3 is 0 Å². The average Bonchev–Trinajstić information content (AvgIpc) is 3.14. The third-order valence-corrected chi connectivity index (χ3v) is 4.60. The summed E-state index contributed by atoms with van der Waals surface area (Å²) in [4.78, 5) is 28.7. The summed E-state index contributed by atoms with van der Waals surface area (Å²) >= 11 is 0. The zero-order valence-electron chi connectivity index (χ0n) is 14.2. The molecule has 6 nitrogen and oxygen atoms in total. The Hall–Kier alpha value is -1.99. The molecule has 136 valence electrons. The van der Waals surface area contributed by atoms with Gasteiger partial charge in [-0.15, -0.1) is 0 Å². The molecule has 0 saturated carbocycles. The first-order valence-corrected chi connectivity index (χ1v) is 8.78. The molecule has 1 aromatic carbocycles. The lowest BCUT2D eigenvalue weighted by Crippen LogP contribution is -2.51. The van der Waals surface area contributed by atoms with Crippen molar-refractivity contribution in [1.29, 1.82) is 0 Å². The van der Waals surface area contributed by atoms with Crippen LogP contribution in [0.5, 0.6) is 0 Å². The minimum absolute atomic E-state index is 0.00476. The highest BCUT2D eigenvalue weighted by molar-refractivity contribution is 5.96. The molecule has 0 spiro atoms. The summed E-state index contributed by atoms with van der Waals surface area (Å²) in [5.41, 5.74) is 0.256. The first-order chi connectivity index (χ1) is 12.1. The maximum atomic E-state index is 13.5. The molecule has 2 amide bonds. The lowest BCUT2D eigenvalue weighted by atomic mass is 10.1. The molecule has 25 heavy (non-hydrogen) atoms. The van der Waals surface area contributed by atoms with Crippen LogP contribution >= 0.6 is 0 Å². The molecule has 2 aliphatic rings. The van der Waals surface area contributed by atoms with Gasteiger partial charge in [0.1, 0.15) is 12.4 Å². The number of nitrogens with zero attached hydrogens (tertiary/aromatic N) is 2. The summed E-state index contributed by atoms with van der Waals surface area (Å²) in [6.45, 7) is 3.83. The molecule has 2 fully saturated rings. The van der Waals surface area contributed by atoms with Crippen molar-refractivity contribution in [3.05, 3.63) is 35.6 Å². The van der Waals surface area contributed by atoms with E-state index in [-0.39, 0.29) is 30.0 Å². The van der Waals surface area contributed by atoms with Crippen LogP contribution < -0.4 is 5.32 Å². The Kier molecular flexibility index (Phi) is 5.99. The summed E-state index contributed by atoms with van der Waals surface area (Å²) in [7, 11) is 0. The van der Waals surface area contributed by atoms with Gasteiger partial charge in [-0.25, -0.2) is 4.39 Å². The summed E-state index contributed by atoms with van der Waals surface area (Å²) in [5, 5.41) is 3.20. The van der Waals surface area contributed by atoms with Gasteiger partial charge in [0.15, 0.2) is 0 Å². The molecule has 1 aromatic rings. The Morgan fingerprint density at radius 3 is 2.80 bits per heavy atom. The average molecular weight is 349 g/mol. The maximum Gasteiger partial charge on any atom is 0.254 e.